The molecule has 2 aliphatic rings. The average molecular weight is 380 g/mol. The quantitative estimate of drug-likeness (QED) is 0.826. The summed E-state index contributed by atoms with van der Waals surface area (Å²) in [5.74, 6) is -0.0460. The van der Waals surface area contributed by atoms with Gasteiger partial charge in [-0.3, -0.25) is 9.59 Å². The third-order valence-electron chi connectivity index (χ3n) is 5.71. The lowest BCUT2D eigenvalue weighted by Gasteiger charge is -2.52. The molecule has 2 aromatic carbocycles. The van der Waals surface area contributed by atoms with Crippen LogP contribution < -0.4 is 14.8 Å². The van der Waals surface area contributed by atoms with Crippen LogP contribution in [0.15, 0.2) is 48.5 Å². The van der Waals surface area contributed by atoms with Gasteiger partial charge in [0.25, 0.3) is 0 Å². The number of methoxy groups -OCH3 is 1. The third-order valence-corrected chi connectivity index (χ3v) is 5.71. The van der Waals surface area contributed by atoms with Crippen molar-refractivity contribution in [1.29, 1.82) is 0 Å². The highest BCUT2D eigenvalue weighted by molar-refractivity contribution is 6.08. The van der Waals surface area contributed by atoms with E-state index in [1.165, 1.54) is 0 Å². The molecular formula is C22H24N2O4. The van der Waals surface area contributed by atoms with E-state index >= 15 is 0 Å². The number of benzene rings is 2. The fourth-order valence-electron chi connectivity index (χ4n) is 4.39. The van der Waals surface area contributed by atoms with Gasteiger partial charge in [-0.15, -0.1) is 0 Å². The maximum Gasteiger partial charge on any atom is 0.238 e. The predicted molar refractivity (Wildman–Crippen MR) is 105 cm³/mol. The van der Waals surface area contributed by atoms with E-state index in [9.17, 15) is 9.59 Å². The largest absolute Gasteiger partial charge is 0.497 e. The summed E-state index contributed by atoms with van der Waals surface area (Å²) >= 11 is 0. The van der Waals surface area contributed by atoms with Crippen LogP contribution in [0, 0.1) is 5.92 Å². The molecule has 2 aliphatic heterocycles. The number of amides is 2. The van der Waals surface area contributed by atoms with Crippen molar-refractivity contribution in [2.45, 2.75) is 31.9 Å². The Labute approximate surface area is 164 Å². The van der Waals surface area contributed by atoms with Crippen molar-refractivity contribution >= 4 is 17.5 Å². The third kappa shape index (κ3) is 2.89. The molecule has 146 valence electrons. The number of nitrogens with zero attached hydrogens (tertiary/aromatic N) is 1. The molecule has 0 unspecified atom stereocenters. The van der Waals surface area contributed by atoms with Crippen LogP contribution in [-0.4, -0.2) is 36.1 Å². The molecule has 2 heterocycles. The summed E-state index contributed by atoms with van der Waals surface area (Å²) in [6.45, 7) is 4.32. The minimum absolute atomic E-state index is 0.193. The molecule has 3 atom stereocenters. The van der Waals surface area contributed by atoms with Crippen LogP contribution in [0.5, 0.6) is 11.5 Å². The Morgan fingerprint density at radius 2 is 1.96 bits per heavy atom. The molecule has 0 spiro atoms. The summed E-state index contributed by atoms with van der Waals surface area (Å²) < 4.78 is 11.3. The molecule has 0 aliphatic carbocycles. The number of ether oxygens (including phenoxy) is 2. The van der Waals surface area contributed by atoms with Gasteiger partial charge in [-0.2, -0.15) is 0 Å². The second-order valence-electron chi connectivity index (χ2n) is 7.40. The van der Waals surface area contributed by atoms with E-state index in [1.54, 1.807) is 36.3 Å². The number of nitrogens with one attached hydrogen (secondary N) is 1. The van der Waals surface area contributed by atoms with Crippen molar-refractivity contribution in [2.24, 2.45) is 5.92 Å². The van der Waals surface area contributed by atoms with Crippen LogP contribution in [-0.2, 0) is 9.59 Å². The first-order valence-electron chi connectivity index (χ1n) is 9.51. The zero-order chi connectivity index (χ0) is 19.9. The van der Waals surface area contributed by atoms with Crippen LogP contribution in [0.2, 0.25) is 0 Å². The Kier molecular flexibility index (Phi) is 4.49. The number of para-hydroxylation sites is 1. The Balaban J connectivity index is 1.68. The SMILES string of the molecule is CCN1C(=O)[C@H](C(=O)Nc2ccc(OC)cc2)[C@H]2C[C@@]1(C)Oc1ccccc12. The van der Waals surface area contributed by atoms with E-state index in [1.807, 2.05) is 38.1 Å². The number of hydrogen-bond donors (Lipinski definition) is 1. The van der Waals surface area contributed by atoms with Crippen molar-refractivity contribution in [3.8, 4) is 11.5 Å². The van der Waals surface area contributed by atoms with Crippen LogP contribution >= 0.6 is 0 Å². The Morgan fingerprint density at radius 3 is 2.64 bits per heavy atom. The number of piperidine rings is 1. The maximum absolute atomic E-state index is 13.3. The fourth-order valence-corrected chi connectivity index (χ4v) is 4.39. The summed E-state index contributed by atoms with van der Waals surface area (Å²) in [5, 5.41) is 2.90. The number of anilines is 1. The molecule has 0 aromatic heterocycles. The zero-order valence-corrected chi connectivity index (χ0v) is 16.3. The molecule has 4 rings (SSSR count). The van der Waals surface area contributed by atoms with Crippen LogP contribution in [0.25, 0.3) is 0 Å². The highest BCUT2D eigenvalue weighted by Gasteiger charge is 2.55. The standard InChI is InChI=1S/C22H24N2O4/c1-4-24-21(26)19(20(25)23-14-9-11-15(27-3)12-10-14)17-13-22(24,2)28-18-8-6-5-7-16(17)18/h5-12,17,19H,4,13H2,1-3H3,(H,23,25)/t17-,19-,22+/m0/s1. The number of carbonyl (C=O) groups excluding carboxylic acids is 2. The second kappa shape index (κ2) is 6.86. The molecule has 2 aromatic rings. The highest BCUT2D eigenvalue weighted by Crippen LogP contribution is 2.50. The summed E-state index contributed by atoms with van der Waals surface area (Å²) in [7, 11) is 1.59. The Hall–Kier alpha value is -3.02. The molecule has 1 fully saturated rings. The van der Waals surface area contributed by atoms with Gasteiger partial charge in [-0.05, 0) is 49.7 Å². The van der Waals surface area contributed by atoms with Crippen molar-refractivity contribution in [3.05, 3.63) is 54.1 Å². The van der Waals surface area contributed by atoms with Crippen LogP contribution in [0.4, 0.5) is 5.69 Å². The molecular weight excluding hydrogens is 356 g/mol. The number of rotatable bonds is 4. The summed E-state index contributed by atoms with van der Waals surface area (Å²) in [5.41, 5.74) is 0.816. The van der Waals surface area contributed by atoms with Gasteiger partial charge in [0.2, 0.25) is 11.8 Å². The van der Waals surface area contributed by atoms with Gasteiger partial charge in [-0.25, -0.2) is 0 Å². The minimum atomic E-state index is -0.792. The molecule has 28 heavy (non-hydrogen) atoms. The van der Waals surface area contributed by atoms with E-state index < -0.39 is 11.6 Å². The predicted octanol–water partition coefficient (Wildman–Crippen LogP) is 3.39. The van der Waals surface area contributed by atoms with Crippen LogP contribution in [0.3, 0.4) is 0 Å². The summed E-state index contributed by atoms with van der Waals surface area (Å²) in [4.78, 5) is 28.1. The highest BCUT2D eigenvalue weighted by atomic mass is 16.5. The molecule has 1 saturated heterocycles. The van der Waals surface area contributed by atoms with E-state index in [0.717, 1.165) is 11.3 Å². The van der Waals surface area contributed by atoms with E-state index in [0.29, 0.717) is 24.4 Å². The van der Waals surface area contributed by atoms with E-state index in [2.05, 4.69) is 5.32 Å². The molecule has 0 radical (unpaired) electrons. The second-order valence-corrected chi connectivity index (χ2v) is 7.40. The van der Waals surface area contributed by atoms with E-state index in [-0.39, 0.29) is 17.7 Å². The lowest BCUT2D eigenvalue weighted by molar-refractivity contribution is -0.174. The van der Waals surface area contributed by atoms with Gasteiger partial charge < -0.3 is 19.7 Å². The van der Waals surface area contributed by atoms with Gasteiger partial charge in [0.15, 0.2) is 5.72 Å². The maximum atomic E-state index is 13.3. The molecule has 2 bridgehead atoms. The molecule has 6 nitrogen and oxygen atoms in total. The molecule has 2 amide bonds. The van der Waals surface area contributed by atoms with Gasteiger partial charge in [-0.1, -0.05) is 18.2 Å². The Morgan fingerprint density at radius 1 is 1.25 bits per heavy atom. The van der Waals surface area contributed by atoms with Crippen LogP contribution in [0.1, 0.15) is 31.7 Å². The first-order valence-corrected chi connectivity index (χ1v) is 9.51. The number of fused-ring (bicyclic) bond motifs is 4. The lowest BCUT2D eigenvalue weighted by Crippen LogP contribution is -2.64. The van der Waals surface area contributed by atoms with Crippen molar-refractivity contribution in [2.75, 3.05) is 19.0 Å². The molecule has 0 saturated carbocycles. The summed E-state index contributed by atoms with van der Waals surface area (Å²) in [6, 6.07) is 14.8. The van der Waals surface area contributed by atoms with Crippen molar-refractivity contribution in [1.82, 2.24) is 4.90 Å². The average Bonchev–Trinajstić information content (AvgIpc) is 2.68. The van der Waals surface area contributed by atoms with E-state index in [4.69, 9.17) is 9.47 Å². The van der Waals surface area contributed by atoms with Crippen molar-refractivity contribution in [3.63, 3.8) is 0 Å². The van der Waals surface area contributed by atoms with Gasteiger partial charge in [0.1, 0.15) is 17.4 Å². The minimum Gasteiger partial charge on any atom is -0.497 e. The van der Waals surface area contributed by atoms with Crippen molar-refractivity contribution < 1.29 is 19.1 Å². The van der Waals surface area contributed by atoms with Gasteiger partial charge in [0, 0.05) is 24.6 Å². The number of carbonyl (C=O) groups is 2. The number of hydrogen-bond acceptors (Lipinski definition) is 4. The fraction of sp³-hybridized carbons (Fsp3) is 0.364. The lowest BCUT2D eigenvalue weighted by atomic mass is 9.73. The first kappa shape index (κ1) is 18.3. The topological polar surface area (TPSA) is 67.9 Å². The zero-order valence-electron chi connectivity index (χ0n) is 16.3. The molecule has 6 heteroatoms. The Bertz CT molecular complexity index is 911. The monoisotopic (exact) mass is 380 g/mol. The number of likely N-dealkylation sites (tertiary alicyclic amines) is 1. The normalized spacial score (nSPS) is 25.5. The van der Waals surface area contributed by atoms with Gasteiger partial charge in [0.05, 0.1) is 7.11 Å². The first-order chi connectivity index (χ1) is 13.5. The van der Waals surface area contributed by atoms with Gasteiger partial charge >= 0.3 is 0 Å². The molecule has 1 N–H and O–H groups in total. The smallest absolute Gasteiger partial charge is 0.238 e. The summed E-state index contributed by atoms with van der Waals surface area (Å²) in [6.07, 6.45) is 0.588.